The molecule has 0 aliphatic heterocycles. The van der Waals surface area contributed by atoms with Crippen LogP contribution in [-0.2, 0) is 11.0 Å². The van der Waals surface area contributed by atoms with Gasteiger partial charge in [-0.15, -0.1) is 0 Å². The third kappa shape index (κ3) is 3.54. The van der Waals surface area contributed by atoms with Crippen LogP contribution in [0.1, 0.15) is 27.7 Å². The number of methoxy groups -OCH3 is 1. The molecule has 17 heavy (non-hydrogen) atoms. The molecule has 3 nitrogen and oxygen atoms in total. The van der Waals surface area contributed by atoms with E-state index in [9.17, 15) is 4.21 Å². The Labute approximate surface area is 106 Å². The quantitative estimate of drug-likeness (QED) is 0.809. The Balaban J connectivity index is 2.93. The highest BCUT2D eigenvalue weighted by molar-refractivity contribution is 7.82. The molecule has 0 radical (unpaired) electrons. The largest absolute Gasteiger partial charge is 0.497 e. The fourth-order valence-corrected chi connectivity index (χ4v) is 3.17. The van der Waals surface area contributed by atoms with Crippen LogP contribution in [0, 0.1) is 0 Å². The molecule has 1 atom stereocenters. The molecule has 0 heterocycles. The zero-order valence-electron chi connectivity index (χ0n) is 11.1. The van der Waals surface area contributed by atoms with Gasteiger partial charge >= 0.3 is 0 Å². The number of ether oxygens (including phenoxy) is 1. The second-order valence-corrected chi connectivity index (χ2v) is 5.86. The SMILES string of the molecule is COc1ccc(S(=O)N(C(C)C)C(C)C)cc1. The molecule has 0 aliphatic rings. The van der Waals surface area contributed by atoms with E-state index in [1.807, 2.05) is 28.6 Å². The highest BCUT2D eigenvalue weighted by Crippen LogP contribution is 2.19. The van der Waals surface area contributed by atoms with Gasteiger partial charge in [-0.05, 0) is 52.0 Å². The number of benzene rings is 1. The highest BCUT2D eigenvalue weighted by Gasteiger charge is 2.21. The normalized spacial score (nSPS) is 13.4. The molecule has 1 rings (SSSR count). The van der Waals surface area contributed by atoms with E-state index >= 15 is 0 Å². The van der Waals surface area contributed by atoms with E-state index in [1.165, 1.54) is 0 Å². The van der Waals surface area contributed by atoms with Gasteiger partial charge in [0.25, 0.3) is 0 Å². The summed E-state index contributed by atoms with van der Waals surface area (Å²) in [6.45, 7) is 8.23. The lowest BCUT2D eigenvalue weighted by atomic mass is 10.3. The second-order valence-electron chi connectivity index (χ2n) is 4.47. The molecule has 0 aliphatic carbocycles. The van der Waals surface area contributed by atoms with E-state index in [0.29, 0.717) is 0 Å². The summed E-state index contributed by atoms with van der Waals surface area (Å²) in [6.07, 6.45) is 0. The summed E-state index contributed by atoms with van der Waals surface area (Å²) < 4.78 is 19.5. The smallest absolute Gasteiger partial charge is 0.128 e. The summed E-state index contributed by atoms with van der Waals surface area (Å²) in [7, 11) is 0.512. The van der Waals surface area contributed by atoms with Crippen LogP contribution in [0.15, 0.2) is 29.2 Å². The van der Waals surface area contributed by atoms with Gasteiger partial charge in [0, 0.05) is 12.1 Å². The van der Waals surface area contributed by atoms with Crippen molar-refractivity contribution in [2.24, 2.45) is 0 Å². The van der Waals surface area contributed by atoms with Gasteiger partial charge in [0.15, 0.2) is 0 Å². The average molecular weight is 255 g/mol. The van der Waals surface area contributed by atoms with Crippen molar-refractivity contribution in [2.45, 2.75) is 44.7 Å². The summed E-state index contributed by atoms with van der Waals surface area (Å²) in [5.74, 6) is 0.784. The zero-order chi connectivity index (χ0) is 13.0. The van der Waals surface area contributed by atoms with Crippen molar-refractivity contribution in [3.8, 4) is 5.75 Å². The van der Waals surface area contributed by atoms with Gasteiger partial charge in [-0.1, -0.05) is 0 Å². The van der Waals surface area contributed by atoms with Crippen LogP contribution in [0.5, 0.6) is 5.75 Å². The van der Waals surface area contributed by atoms with Gasteiger partial charge < -0.3 is 4.74 Å². The fraction of sp³-hybridized carbons (Fsp3) is 0.538. The van der Waals surface area contributed by atoms with Crippen LogP contribution in [0.3, 0.4) is 0 Å². The molecule has 0 bridgehead atoms. The van der Waals surface area contributed by atoms with Crippen LogP contribution in [0.4, 0.5) is 0 Å². The first-order valence-electron chi connectivity index (χ1n) is 5.81. The minimum absolute atomic E-state index is 0.248. The van der Waals surface area contributed by atoms with Gasteiger partial charge in [0.2, 0.25) is 0 Å². The first-order chi connectivity index (χ1) is 7.97. The predicted molar refractivity (Wildman–Crippen MR) is 71.5 cm³/mol. The van der Waals surface area contributed by atoms with Gasteiger partial charge in [0.1, 0.15) is 16.7 Å². The highest BCUT2D eigenvalue weighted by atomic mass is 32.2. The summed E-state index contributed by atoms with van der Waals surface area (Å²) in [6, 6.07) is 7.88. The third-order valence-corrected chi connectivity index (χ3v) is 4.37. The van der Waals surface area contributed by atoms with E-state index in [-0.39, 0.29) is 12.1 Å². The second kappa shape index (κ2) is 6.17. The van der Waals surface area contributed by atoms with Crippen LogP contribution in [0.25, 0.3) is 0 Å². The molecule has 1 aromatic carbocycles. The summed E-state index contributed by atoms with van der Waals surface area (Å²) >= 11 is 0. The summed E-state index contributed by atoms with van der Waals surface area (Å²) in [5.41, 5.74) is 0. The number of rotatable bonds is 5. The summed E-state index contributed by atoms with van der Waals surface area (Å²) in [4.78, 5) is 0.813. The molecule has 96 valence electrons. The predicted octanol–water partition coefficient (Wildman–Crippen LogP) is 2.84. The molecule has 0 spiro atoms. The van der Waals surface area contributed by atoms with Gasteiger partial charge in [0.05, 0.1) is 12.0 Å². The van der Waals surface area contributed by atoms with E-state index in [2.05, 4.69) is 27.7 Å². The average Bonchev–Trinajstić information content (AvgIpc) is 2.28. The lowest BCUT2D eigenvalue weighted by Gasteiger charge is -2.28. The first-order valence-corrected chi connectivity index (χ1v) is 6.92. The van der Waals surface area contributed by atoms with Gasteiger partial charge in [-0.3, -0.25) is 0 Å². The molecule has 0 fully saturated rings. The topological polar surface area (TPSA) is 29.5 Å². The Morgan fingerprint density at radius 2 is 1.53 bits per heavy atom. The van der Waals surface area contributed by atoms with Crippen LogP contribution in [-0.4, -0.2) is 27.7 Å². The Morgan fingerprint density at radius 3 is 1.88 bits per heavy atom. The Hall–Kier alpha value is -0.870. The minimum atomic E-state index is -1.11. The maximum absolute atomic E-state index is 12.4. The lowest BCUT2D eigenvalue weighted by Crippen LogP contribution is -2.38. The van der Waals surface area contributed by atoms with Crippen molar-refractivity contribution in [3.63, 3.8) is 0 Å². The van der Waals surface area contributed by atoms with Gasteiger partial charge in [-0.25, -0.2) is 8.51 Å². The van der Waals surface area contributed by atoms with Crippen molar-refractivity contribution >= 4 is 11.0 Å². The van der Waals surface area contributed by atoms with E-state index in [4.69, 9.17) is 4.74 Å². The Kier molecular flexibility index (Phi) is 5.15. The molecular formula is C13H21NO2S. The van der Waals surface area contributed by atoms with E-state index in [0.717, 1.165) is 10.6 Å². The molecule has 1 aromatic rings. The summed E-state index contributed by atoms with van der Waals surface area (Å²) in [5, 5.41) is 0. The maximum atomic E-state index is 12.4. The van der Waals surface area contributed by atoms with Crippen molar-refractivity contribution in [1.29, 1.82) is 0 Å². The Bertz CT molecular complexity index is 366. The number of hydrogen-bond acceptors (Lipinski definition) is 2. The number of nitrogens with zero attached hydrogens (tertiary/aromatic N) is 1. The molecule has 4 heteroatoms. The maximum Gasteiger partial charge on any atom is 0.128 e. The van der Waals surface area contributed by atoms with Crippen LogP contribution >= 0.6 is 0 Å². The fourth-order valence-electron chi connectivity index (χ4n) is 1.79. The zero-order valence-corrected chi connectivity index (χ0v) is 12.0. The van der Waals surface area contributed by atoms with Crippen LogP contribution < -0.4 is 4.74 Å². The molecule has 0 aromatic heterocycles. The third-order valence-electron chi connectivity index (χ3n) is 2.47. The van der Waals surface area contributed by atoms with Gasteiger partial charge in [-0.2, -0.15) is 0 Å². The molecule has 0 saturated heterocycles. The molecule has 1 unspecified atom stereocenters. The molecular weight excluding hydrogens is 234 g/mol. The minimum Gasteiger partial charge on any atom is -0.497 e. The molecule has 0 N–H and O–H groups in total. The van der Waals surface area contributed by atoms with Crippen molar-refractivity contribution in [3.05, 3.63) is 24.3 Å². The van der Waals surface area contributed by atoms with E-state index < -0.39 is 11.0 Å². The van der Waals surface area contributed by atoms with E-state index in [1.54, 1.807) is 7.11 Å². The van der Waals surface area contributed by atoms with Crippen molar-refractivity contribution in [1.82, 2.24) is 4.31 Å². The monoisotopic (exact) mass is 255 g/mol. The van der Waals surface area contributed by atoms with Crippen molar-refractivity contribution < 1.29 is 8.95 Å². The Morgan fingerprint density at radius 1 is 1.06 bits per heavy atom. The van der Waals surface area contributed by atoms with Crippen molar-refractivity contribution in [2.75, 3.05) is 7.11 Å². The lowest BCUT2D eigenvalue weighted by molar-refractivity contribution is 0.320. The molecule has 0 amide bonds. The molecule has 0 saturated carbocycles. The first kappa shape index (κ1) is 14.2. The standard InChI is InChI=1S/C13H21NO2S/c1-10(2)14(11(3)4)17(15)13-8-6-12(16-5)7-9-13/h6-11H,1-5H3. The number of hydrogen-bond donors (Lipinski definition) is 0. The van der Waals surface area contributed by atoms with Crippen LogP contribution in [0.2, 0.25) is 0 Å².